The lowest BCUT2D eigenvalue weighted by atomic mass is 10.1. The fourth-order valence-corrected chi connectivity index (χ4v) is 3.99. The topological polar surface area (TPSA) is 103 Å². The third kappa shape index (κ3) is 6.39. The minimum Gasteiger partial charge on any atom is -0.442 e. The highest BCUT2D eigenvalue weighted by molar-refractivity contribution is 5.97. The van der Waals surface area contributed by atoms with Crippen molar-refractivity contribution in [3.63, 3.8) is 0 Å². The summed E-state index contributed by atoms with van der Waals surface area (Å²) in [7, 11) is 0. The Bertz CT molecular complexity index is 1530. The Hall–Kier alpha value is -4.35. The number of rotatable bonds is 6. The molecule has 2 aromatic carbocycles. The van der Waals surface area contributed by atoms with Gasteiger partial charge in [0.15, 0.2) is 5.82 Å². The van der Waals surface area contributed by atoms with Gasteiger partial charge in [-0.25, -0.2) is 4.79 Å². The zero-order valence-corrected chi connectivity index (χ0v) is 22.2. The number of carbonyl (C=O) groups is 2. The van der Waals surface area contributed by atoms with Crippen LogP contribution in [0.3, 0.4) is 0 Å². The van der Waals surface area contributed by atoms with Crippen molar-refractivity contribution in [3.05, 3.63) is 59.9 Å². The third-order valence-corrected chi connectivity index (χ3v) is 5.69. The van der Waals surface area contributed by atoms with Crippen molar-refractivity contribution in [2.45, 2.75) is 52.9 Å². The number of amides is 1. The van der Waals surface area contributed by atoms with Gasteiger partial charge in [-0.05, 0) is 70.0 Å². The van der Waals surface area contributed by atoms with Crippen LogP contribution in [0.2, 0.25) is 0 Å². The fraction of sp³-hybridized carbons (Fsp3) is 0.333. The highest BCUT2D eigenvalue weighted by Gasteiger charge is 2.32. The van der Waals surface area contributed by atoms with Gasteiger partial charge < -0.3 is 15.4 Å². The van der Waals surface area contributed by atoms with Crippen molar-refractivity contribution < 1.29 is 27.5 Å². The van der Waals surface area contributed by atoms with Crippen LogP contribution in [0, 0.1) is 6.92 Å². The molecule has 2 heterocycles. The zero-order valence-electron chi connectivity index (χ0n) is 22.2. The number of benzene rings is 2. The van der Waals surface area contributed by atoms with Gasteiger partial charge in [-0.15, -0.1) is 5.10 Å². The van der Waals surface area contributed by atoms with E-state index in [1.165, 1.54) is 28.4 Å². The number of aryl methyl sites for hydroxylation is 1. The molecule has 0 fully saturated rings. The molecule has 0 atom stereocenters. The maximum atomic E-state index is 13.2. The second-order valence-electron chi connectivity index (χ2n) is 10.0. The monoisotopic (exact) mass is 542 g/mol. The molecule has 0 bridgehead atoms. The fourth-order valence-electron chi connectivity index (χ4n) is 3.99. The van der Waals surface area contributed by atoms with Crippen molar-refractivity contribution in [1.29, 1.82) is 0 Å². The number of nitrogens with zero attached hydrogens (tertiary/aromatic N) is 4. The van der Waals surface area contributed by atoms with Crippen LogP contribution in [-0.4, -0.2) is 43.7 Å². The lowest BCUT2D eigenvalue weighted by molar-refractivity contribution is -0.138. The molecular formula is C27H29F3N6O3. The number of alkyl halides is 3. The Morgan fingerprint density at radius 3 is 2.46 bits per heavy atom. The smallest absolute Gasteiger partial charge is 0.435 e. The standard InChI is InChI=1S/C27H29F3N6O3/c1-6-31-24-20-10-8-17(11-22(20)36(34-24)25(38)39-26(3,4)5)18-13-32-35(14-18)15-23(37)33-19-9-7-16(2)21(12-19)27(28,29)30/h7-14H,6,15H2,1-5H3,(H,31,34)(H,33,37). The Morgan fingerprint density at radius 2 is 1.79 bits per heavy atom. The highest BCUT2D eigenvalue weighted by Crippen LogP contribution is 2.33. The molecule has 39 heavy (non-hydrogen) atoms. The number of ether oxygens (including phenoxy) is 1. The Morgan fingerprint density at radius 1 is 1.05 bits per heavy atom. The normalized spacial score (nSPS) is 12.0. The van der Waals surface area contributed by atoms with Crippen molar-refractivity contribution >= 4 is 34.4 Å². The number of fused-ring (bicyclic) bond motifs is 1. The largest absolute Gasteiger partial charge is 0.442 e. The first-order valence-corrected chi connectivity index (χ1v) is 12.3. The summed E-state index contributed by atoms with van der Waals surface area (Å²) in [5.74, 6) is 0.0115. The minimum atomic E-state index is -4.52. The number of hydrogen-bond donors (Lipinski definition) is 2. The SMILES string of the molecule is CCNc1nn(C(=O)OC(C)(C)C)c2cc(-c3cnn(CC(=O)Nc4ccc(C)c(C(F)(F)F)c4)c3)ccc12. The summed E-state index contributed by atoms with van der Waals surface area (Å²) in [5.41, 5.74) is 0.516. The molecule has 2 N–H and O–H groups in total. The van der Waals surface area contributed by atoms with Crippen LogP contribution >= 0.6 is 0 Å². The second-order valence-corrected chi connectivity index (χ2v) is 10.0. The van der Waals surface area contributed by atoms with Gasteiger partial charge in [-0.2, -0.15) is 23.0 Å². The average molecular weight is 543 g/mol. The summed E-state index contributed by atoms with van der Waals surface area (Å²) in [6.07, 6.45) is -1.95. The molecular weight excluding hydrogens is 513 g/mol. The van der Waals surface area contributed by atoms with Gasteiger partial charge >= 0.3 is 12.3 Å². The number of halogens is 3. The van der Waals surface area contributed by atoms with Gasteiger partial charge in [-0.3, -0.25) is 9.48 Å². The zero-order chi connectivity index (χ0) is 28.5. The first-order valence-electron chi connectivity index (χ1n) is 12.3. The van der Waals surface area contributed by atoms with E-state index in [0.717, 1.165) is 17.0 Å². The number of carbonyl (C=O) groups excluding carboxylic acids is 2. The predicted octanol–water partition coefficient (Wildman–Crippen LogP) is 6.08. The summed E-state index contributed by atoms with van der Waals surface area (Å²) in [5, 5.41) is 15.0. The van der Waals surface area contributed by atoms with E-state index in [1.807, 2.05) is 19.1 Å². The molecule has 4 aromatic rings. The first-order chi connectivity index (χ1) is 18.2. The second kappa shape index (κ2) is 10.4. The van der Waals surface area contributed by atoms with Crippen molar-refractivity contribution in [2.75, 3.05) is 17.2 Å². The van der Waals surface area contributed by atoms with Crippen molar-refractivity contribution in [3.8, 4) is 11.1 Å². The molecule has 0 spiro atoms. The summed E-state index contributed by atoms with van der Waals surface area (Å²) in [6.45, 7) is 8.99. The summed E-state index contributed by atoms with van der Waals surface area (Å²) < 4.78 is 47.7. The summed E-state index contributed by atoms with van der Waals surface area (Å²) in [6, 6.07) is 9.09. The maximum Gasteiger partial charge on any atom is 0.435 e. The van der Waals surface area contributed by atoms with Crippen molar-refractivity contribution in [1.82, 2.24) is 19.6 Å². The molecule has 0 aliphatic rings. The van der Waals surface area contributed by atoms with E-state index >= 15 is 0 Å². The third-order valence-electron chi connectivity index (χ3n) is 5.69. The van der Waals surface area contributed by atoms with Crippen LogP contribution in [0.25, 0.3) is 22.0 Å². The molecule has 0 saturated carbocycles. The van der Waals surface area contributed by atoms with Gasteiger partial charge in [0.05, 0.1) is 17.3 Å². The van der Waals surface area contributed by atoms with Gasteiger partial charge in [0, 0.05) is 29.4 Å². The number of aromatic nitrogens is 4. The first kappa shape index (κ1) is 27.7. The van der Waals surface area contributed by atoms with Crippen LogP contribution in [-0.2, 0) is 22.3 Å². The molecule has 206 valence electrons. The van der Waals surface area contributed by atoms with E-state index in [1.54, 1.807) is 39.2 Å². The molecule has 2 aromatic heterocycles. The minimum absolute atomic E-state index is 0.0441. The summed E-state index contributed by atoms with van der Waals surface area (Å²) in [4.78, 5) is 25.4. The van der Waals surface area contributed by atoms with Gasteiger partial charge in [0.2, 0.25) is 5.91 Å². The molecule has 9 nitrogen and oxygen atoms in total. The highest BCUT2D eigenvalue weighted by atomic mass is 19.4. The molecule has 0 unspecified atom stereocenters. The Labute approximate surface area is 222 Å². The van der Waals surface area contributed by atoms with Gasteiger partial charge in [0.1, 0.15) is 12.1 Å². The van der Waals surface area contributed by atoms with E-state index in [9.17, 15) is 22.8 Å². The van der Waals surface area contributed by atoms with Crippen LogP contribution in [0.15, 0.2) is 48.8 Å². The van der Waals surface area contributed by atoms with Gasteiger partial charge in [-0.1, -0.05) is 12.1 Å². The average Bonchev–Trinajstić information content (AvgIpc) is 3.43. The van der Waals surface area contributed by atoms with E-state index in [0.29, 0.717) is 23.4 Å². The quantitative estimate of drug-likeness (QED) is 0.306. The molecule has 0 aliphatic heterocycles. The molecule has 0 saturated heterocycles. The van der Waals surface area contributed by atoms with Gasteiger partial charge in [0.25, 0.3) is 0 Å². The van der Waals surface area contributed by atoms with Crippen LogP contribution < -0.4 is 10.6 Å². The molecule has 0 aliphatic carbocycles. The predicted molar refractivity (Wildman–Crippen MR) is 142 cm³/mol. The molecule has 12 heteroatoms. The maximum absolute atomic E-state index is 13.2. The van der Waals surface area contributed by atoms with Crippen molar-refractivity contribution in [2.24, 2.45) is 0 Å². The molecule has 4 rings (SSSR count). The number of anilines is 2. The lowest BCUT2D eigenvalue weighted by Crippen LogP contribution is -2.27. The van der Waals surface area contributed by atoms with Crippen LogP contribution in [0.1, 0.15) is 38.8 Å². The molecule has 1 amide bonds. The Balaban J connectivity index is 1.56. The number of nitrogens with one attached hydrogen (secondary N) is 2. The van der Waals surface area contributed by atoms with Crippen LogP contribution in [0.5, 0.6) is 0 Å². The van der Waals surface area contributed by atoms with E-state index < -0.39 is 29.3 Å². The van der Waals surface area contributed by atoms with E-state index in [2.05, 4.69) is 20.8 Å². The summed E-state index contributed by atoms with van der Waals surface area (Å²) >= 11 is 0. The lowest BCUT2D eigenvalue weighted by Gasteiger charge is -2.19. The van der Waals surface area contributed by atoms with E-state index in [4.69, 9.17) is 4.74 Å². The molecule has 0 radical (unpaired) electrons. The van der Waals surface area contributed by atoms with Crippen LogP contribution in [0.4, 0.5) is 29.5 Å². The number of hydrogen-bond acceptors (Lipinski definition) is 6. The van der Waals surface area contributed by atoms with E-state index in [-0.39, 0.29) is 17.8 Å². The Kier molecular flexibility index (Phi) is 7.40.